The second-order valence-electron chi connectivity index (χ2n) is 8.20. The number of carboxylic acid groups (broad SMARTS) is 1. The molecular formula is C20H28N6O2. The van der Waals surface area contributed by atoms with E-state index in [0.717, 1.165) is 41.7 Å². The van der Waals surface area contributed by atoms with Crippen molar-refractivity contribution in [1.82, 2.24) is 25.6 Å². The summed E-state index contributed by atoms with van der Waals surface area (Å²) >= 11 is 0. The number of H-pyrrole nitrogens is 1. The summed E-state index contributed by atoms with van der Waals surface area (Å²) in [5, 5.41) is 25.6. The van der Waals surface area contributed by atoms with Crippen molar-refractivity contribution < 1.29 is 14.4 Å². The lowest BCUT2D eigenvalue weighted by Crippen LogP contribution is -2.43. The van der Waals surface area contributed by atoms with Gasteiger partial charge in [-0.3, -0.25) is 4.98 Å². The molecule has 1 N–H and O–H groups in total. The van der Waals surface area contributed by atoms with E-state index in [1.807, 2.05) is 25.3 Å². The van der Waals surface area contributed by atoms with Crippen molar-refractivity contribution in [1.29, 1.82) is 0 Å². The van der Waals surface area contributed by atoms with E-state index in [-0.39, 0.29) is 5.92 Å². The molecule has 0 fully saturated rings. The number of nitrogens with zero attached hydrogens (tertiary/aromatic N) is 5. The number of aliphatic carboxylic acids is 1. The fourth-order valence-electron chi connectivity index (χ4n) is 3.92. The predicted octanol–water partition coefficient (Wildman–Crippen LogP) is 0.951. The first-order chi connectivity index (χ1) is 13.4. The molecule has 8 heteroatoms. The number of aromatic nitrogens is 5. The van der Waals surface area contributed by atoms with Crippen LogP contribution in [0.5, 0.6) is 0 Å². The van der Waals surface area contributed by atoms with Gasteiger partial charge in [0, 0.05) is 36.0 Å². The summed E-state index contributed by atoms with van der Waals surface area (Å²) in [6.07, 6.45) is 6.90. The fourth-order valence-corrected chi connectivity index (χ4v) is 3.92. The SMILES string of the molecule is CCC[C@H](C(=O)[O-])[C@H](Cc1ccc(C2=CCC[N+](C)(C)C2)nc1)c1nnn[nH]1. The minimum atomic E-state index is -1.07. The van der Waals surface area contributed by atoms with Gasteiger partial charge >= 0.3 is 0 Å². The summed E-state index contributed by atoms with van der Waals surface area (Å²) in [5.74, 6) is -1.63. The molecule has 3 heterocycles. The first kappa shape index (κ1) is 20.1. The molecule has 3 rings (SSSR count). The van der Waals surface area contributed by atoms with Gasteiger partial charge in [0.25, 0.3) is 0 Å². The van der Waals surface area contributed by atoms with Crippen molar-refractivity contribution >= 4 is 11.5 Å². The molecule has 0 amide bonds. The lowest BCUT2D eigenvalue weighted by molar-refractivity contribution is -0.883. The van der Waals surface area contributed by atoms with Crippen molar-refractivity contribution in [3.8, 4) is 0 Å². The number of carboxylic acids is 1. The van der Waals surface area contributed by atoms with Crippen molar-refractivity contribution in [3.05, 3.63) is 41.5 Å². The minimum Gasteiger partial charge on any atom is -0.550 e. The smallest absolute Gasteiger partial charge is 0.152 e. The van der Waals surface area contributed by atoms with Crippen LogP contribution in [0.4, 0.5) is 0 Å². The number of nitrogens with one attached hydrogen (secondary N) is 1. The van der Waals surface area contributed by atoms with E-state index in [4.69, 9.17) is 0 Å². The maximum Gasteiger partial charge on any atom is 0.152 e. The molecular weight excluding hydrogens is 356 g/mol. The van der Waals surface area contributed by atoms with Crippen LogP contribution in [0.1, 0.15) is 49.2 Å². The summed E-state index contributed by atoms with van der Waals surface area (Å²) in [6.45, 7) is 4.05. The van der Waals surface area contributed by atoms with E-state index < -0.39 is 11.9 Å². The molecule has 0 spiro atoms. The highest BCUT2D eigenvalue weighted by molar-refractivity contribution is 5.69. The number of rotatable bonds is 8. The van der Waals surface area contributed by atoms with Gasteiger partial charge in [-0.15, -0.1) is 5.10 Å². The van der Waals surface area contributed by atoms with Crippen molar-refractivity contribution in [2.75, 3.05) is 27.2 Å². The van der Waals surface area contributed by atoms with E-state index in [0.29, 0.717) is 18.7 Å². The maximum atomic E-state index is 11.7. The number of likely N-dealkylation sites (N-methyl/N-ethyl adjacent to an activating group) is 1. The Morgan fingerprint density at radius 2 is 2.18 bits per heavy atom. The molecule has 2 atom stereocenters. The lowest BCUT2D eigenvalue weighted by atomic mass is 9.83. The largest absolute Gasteiger partial charge is 0.550 e. The van der Waals surface area contributed by atoms with Crippen LogP contribution in [0, 0.1) is 5.92 Å². The van der Waals surface area contributed by atoms with Crippen LogP contribution in [0.3, 0.4) is 0 Å². The summed E-state index contributed by atoms with van der Waals surface area (Å²) in [4.78, 5) is 16.4. The zero-order valence-corrected chi connectivity index (χ0v) is 16.8. The van der Waals surface area contributed by atoms with Gasteiger partial charge in [0.05, 0.1) is 26.3 Å². The molecule has 0 aromatic carbocycles. The van der Waals surface area contributed by atoms with Gasteiger partial charge in [-0.1, -0.05) is 25.5 Å². The number of pyridine rings is 1. The summed E-state index contributed by atoms with van der Waals surface area (Å²) in [7, 11) is 4.45. The van der Waals surface area contributed by atoms with Gasteiger partial charge in [0.2, 0.25) is 0 Å². The molecule has 0 bridgehead atoms. The molecule has 2 aromatic heterocycles. The normalized spacial score (nSPS) is 18.3. The quantitative estimate of drug-likeness (QED) is 0.679. The topological polar surface area (TPSA) is 107 Å². The molecule has 8 nitrogen and oxygen atoms in total. The van der Waals surface area contributed by atoms with Crippen LogP contribution in [0.2, 0.25) is 0 Å². The van der Waals surface area contributed by atoms with E-state index in [2.05, 4.69) is 45.8 Å². The Bertz CT molecular complexity index is 814. The van der Waals surface area contributed by atoms with E-state index in [1.54, 1.807) is 0 Å². The fraction of sp³-hybridized carbons (Fsp3) is 0.550. The standard InChI is InChI=1S/C20H28N6O2/c1-4-6-16(20(27)28)17(19-22-24-25-23-19)11-14-8-9-18(21-12-14)15-7-5-10-26(2,3)13-15/h7-9,12,16-17H,4-6,10-11,13H2,1-3H3,(H-,22,23,24,25,27,28)/t16-,17-/m0/s1. The van der Waals surface area contributed by atoms with Crippen molar-refractivity contribution in [2.24, 2.45) is 5.92 Å². The third-order valence-corrected chi connectivity index (χ3v) is 5.43. The number of hydrogen-bond acceptors (Lipinski definition) is 6. The second-order valence-corrected chi connectivity index (χ2v) is 8.20. The third-order valence-electron chi connectivity index (χ3n) is 5.43. The Balaban J connectivity index is 1.80. The van der Waals surface area contributed by atoms with Gasteiger partial charge in [0.15, 0.2) is 5.82 Å². The zero-order valence-electron chi connectivity index (χ0n) is 16.8. The minimum absolute atomic E-state index is 0.378. The van der Waals surface area contributed by atoms with E-state index in [1.165, 1.54) is 5.57 Å². The van der Waals surface area contributed by atoms with Gasteiger partial charge in [-0.2, -0.15) is 0 Å². The molecule has 0 unspecified atom stereocenters. The van der Waals surface area contributed by atoms with Crippen LogP contribution >= 0.6 is 0 Å². The van der Waals surface area contributed by atoms with E-state index >= 15 is 0 Å². The third kappa shape index (κ3) is 4.81. The van der Waals surface area contributed by atoms with Gasteiger partial charge in [-0.05, 0) is 34.9 Å². The van der Waals surface area contributed by atoms with Crippen LogP contribution in [0.25, 0.3) is 5.57 Å². The summed E-state index contributed by atoms with van der Waals surface area (Å²) < 4.78 is 0.958. The molecule has 150 valence electrons. The summed E-state index contributed by atoms with van der Waals surface area (Å²) in [5.41, 5.74) is 3.20. The lowest BCUT2D eigenvalue weighted by Gasteiger charge is -2.33. The number of aromatic amines is 1. The molecule has 1 aliphatic rings. The van der Waals surface area contributed by atoms with Crippen molar-refractivity contribution in [3.63, 3.8) is 0 Å². The Morgan fingerprint density at radius 3 is 2.75 bits per heavy atom. The Morgan fingerprint density at radius 1 is 1.36 bits per heavy atom. The van der Waals surface area contributed by atoms with Crippen LogP contribution < -0.4 is 5.11 Å². The Hall–Kier alpha value is -2.61. The first-order valence-electron chi connectivity index (χ1n) is 9.80. The van der Waals surface area contributed by atoms with E-state index in [9.17, 15) is 9.90 Å². The molecule has 0 radical (unpaired) electrons. The average Bonchev–Trinajstić information content (AvgIpc) is 3.18. The summed E-state index contributed by atoms with van der Waals surface area (Å²) in [6, 6.07) is 4.04. The Kier molecular flexibility index (Phi) is 6.18. The monoisotopic (exact) mass is 384 g/mol. The first-order valence-corrected chi connectivity index (χ1v) is 9.80. The van der Waals surface area contributed by atoms with Gasteiger partial charge in [0.1, 0.15) is 6.54 Å². The predicted molar refractivity (Wildman–Crippen MR) is 103 cm³/mol. The molecule has 1 aliphatic heterocycles. The highest BCUT2D eigenvalue weighted by Crippen LogP contribution is 2.29. The maximum absolute atomic E-state index is 11.7. The zero-order chi connectivity index (χ0) is 20.1. The van der Waals surface area contributed by atoms with Gasteiger partial charge < -0.3 is 14.4 Å². The number of tetrazole rings is 1. The van der Waals surface area contributed by atoms with Crippen LogP contribution in [-0.2, 0) is 11.2 Å². The second kappa shape index (κ2) is 8.60. The number of quaternary nitrogens is 1. The Labute approximate surface area is 165 Å². The molecule has 28 heavy (non-hydrogen) atoms. The highest BCUT2D eigenvalue weighted by atomic mass is 16.4. The van der Waals surface area contributed by atoms with Crippen LogP contribution in [0.15, 0.2) is 24.4 Å². The highest BCUT2D eigenvalue weighted by Gasteiger charge is 2.28. The number of carbonyl (C=O) groups is 1. The number of hydrogen-bond donors (Lipinski definition) is 1. The molecule has 2 aromatic rings. The molecule has 0 saturated heterocycles. The van der Waals surface area contributed by atoms with Crippen molar-refractivity contribution in [2.45, 2.75) is 38.5 Å². The van der Waals surface area contributed by atoms with Crippen LogP contribution in [-0.4, -0.2) is 63.2 Å². The van der Waals surface area contributed by atoms with Gasteiger partial charge in [-0.25, -0.2) is 5.10 Å². The number of carbonyl (C=O) groups excluding carboxylic acids is 1. The molecule has 0 aliphatic carbocycles. The molecule has 0 saturated carbocycles. The average molecular weight is 384 g/mol.